The normalized spacial score (nSPS) is 12.7. The van der Waals surface area contributed by atoms with Gasteiger partial charge in [-0.15, -0.1) is 0 Å². The molecule has 0 aliphatic heterocycles. The Hall–Kier alpha value is -1.32. The van der Waals surface area contributed by atoms with E-state index in [0.717, 1.165) is 5.56 Å². The van der Waals surface area contributed by atoms with E-state index >= 15 is 0 Å². The minimum absolute atomic E-state index is 0.483. The molecule has 1 unspecified atom stereocenters. The fourth-order valence-corrected chi connectivity index (χ4v) is 1.80. The molecule has 0 amide bonds. The van der Waals surface area contributed by atoms with Crippen LogP contribution in [0, 0.1) is 0 Å². The first-order valence-electron chi connectivity index (χ1n) is 5.08. The highest BCUT2D eigenvalue weighted by Crippen LogP contribution is 2.22. The van der Waals surface area contributed by atoms with Crippen molar-refractivity contribution in [3.63, 3.8) is 0 Å². The van der Waals surface area contributed by atoms with Crippen molar-refractivity contribution < 1.29 is 5.11 Å². The lowest BCUT2D eigenvalue weighted by molar-refractivity contribution is 0.173. The average molecular weight is 237 g/mol. The molecule has 16 heavy (non-hydrogen) atoms. The van der Waals surface area contributed by atoms with E-state index in [-0.39, 0.29) is 0 Å². The summed E-state index contributed by atoms with van der Waals surface area (Å²) in [5, 5.41) is 14.8. The lowest BCUT2D eigenvalue weighted by Crippen LogP contribution is -2.04. The van der Waals surface area contributed by atoms with Crippen LogP contribution >= 0.6 is 11.6 Å². The molecule has 0 spiro atoms. The quantitative estimate of drug-likeness (QED) is 0.889. The average Bonchev–Trinajstić information content (AvgIpc) is 2.68. The first kappa shape index (κ1) is 11.2. The molecule has 2 rings (SSSR count). The number of halogens is 1. The van der Waals surface area contributed by atoms with Crippen LogP contribution in [0.15, 0.2) is 36.5 Å². The van der Waals surface area contributed by atoms with Gasteiger partial charge in [0.05, 0.1) is 5.69 Å². The van der Waals surface area contributed by atoms with Crippen molar-refractivity contribution in [2.45, 2.75) is 12.5 Å². The number of hydrogen-bond donors (Lipinski definition) is 1. The number of hydrogen-bond acceptors (Lipinski definition) is 2. The van der Waals surface area contributed by atoms with E-state index in [9.17, 15) is 5.11 Å². The summed E-state index contributed by atoms with van der Waals surface area (Å²) in [5.74, 6) is 0. The van der Waals surface area contributed by atoms with E-state index in [1.54, 1.807) is 4.68 Å². The molecule has 1 aromatic heterocycles. The zero-order valence-corrected chi connectivity index (χ0v) is 9.72. The largest absolute Gasteiger partial charge is 0.386 e. The number of aromatic nitrogens is 2. The van der Waals surface area contributed by atoms with E-state index in [4.69, 9.17) is 11.6 Å². The van der Waals surface area contributed by atoms with E-state index < -0.39 is 6.10 Å². The number of aliphatic hydroxyl groups is 1. The molecule has 0 saturated carbocycles. The molecule has 4 heteroatoms. The molecular weight excluding hydrogens is 224 g/mol. The first-order valence-corrected chi connectivity index (χ1v) is 5.45. The molecule has 3 nitrogen and oxygen atoms in total. The fraction of sp³-hybridized carbons (Fsp3) is 0.250. The number of aryl methyl sites for hydroxylation is 1. The third kappa shape index (κ3) is 2.43. The van der Waals surface area contributed by atoms with Crippen LogP contribution < -0.4 is 0 Å². The molecule has 0 saturated heterocycles. The number of rotatable bonds is 3. The second-order valence-electron chi connectivity index (χ2n) is 3.73. The molecule has 2 aromatic rings. The smallest absolute Gasteiger partial charge is 0.102 e. The predicted octanol–water partition coefficient (Wildman–Crippen LogP) is 2.35. The summed E-state index contributed by atoms with van der Waals surface area (Å²) < 4.78 is 1.67. The Morgan fingerprint density at radius 2 is 2.12 bits per heavy atom. The van der Waals surface area contributed by atoms with Gasteiger partial charge < -0.3 is 5.11 Å². The highest BCUT2D eigenvalue weighted by molar-refractivity contribution is 6.31. The van der Waals surface area contributed by atoms with Crippen LogP contribution in [0.2, 0.25) is 5.02 Å². The standard InChI is InChI=1S/C12H13ClN2O/c1-15-7-6-11(14-15)12(16)8-9-4-2-3-5-10(9)13/h2-7,12,16H,8H2,1H3. The van der Waals surface area contributed by atoms with Gasteiger partial charge in [0, 0.05) is 24.7 Å². The van der Waals surface area contributed by atoms with E-state index in [0.29, 0.717) is 17.1 Å². The fourth-order valence-electron chi connectivity index (χ4n) is 1.59. The number of benzene rings is 1. The molecule has 1 heterocycles. The van der Waals surface area contributed by atoms with E-state index in [2.05, 4.69) is 5.10 Å². The van der Waals surface area contributed by atoms with Crippen molar-refractivity contribution in [3.05, 3.63) is 52.8 Å². The summed E-state index contributed by atoms with van der Waals surface area (Å²) in [6.45, 7) is 0. The third-order valence-corrected chi connectivity index (χ3v) is 2.82. The maximum absolute atomic E-state index is 9.98. The summed E-state index contributed by atoms with van der Waals surface area (Å²) in [6.07, 6.45) is 1.68. The van der Waals surface area contributed by atoms with Gasteiger partial charge in [-0.1, -0.05) is 29.8 Å². The number of aliphatic hydroxyl groups excluding tert-OH is 1. The lowest BCUT2D eigenvalue weighted by atomic mass is 10.1. The van der Waals surface area contributed by atoms with Crippen LogP contribution in [0.5, 0.6) is 0 Å². The maximum atomic E-state index is 9.98. The maximum Gasteiger partial charge on any atom is 0.102 e. The van der Waals surface area contributed by atoms with Gasteiger partial charge in [0.15, 0.2) is 0 Å². The first-order chi connectivity index (χ1) is 7.66. The monoisotopic (exact) mass is 236 g/mol. The molecule has 0 fully saturated rings. The van der Waals surface area contributed by atoms with Crippen molar-refractivity contribution in [1.82, 2.24) is 9.78 Å². The van der Waals surface area contributed by atoms with Crippen molar-refractivity contribution in [3.8, 4) is 0 Å². The van der Waals surface area contributed by atoms with Crippen LogP contribution in [-0.2, 0) is 13.5 Å². The van der Waals surface area contributed by atoms with Gasteiger partial charge in [0.2, 0.25) is 0 Å². The molecule has 0 radical (unpaired) electrons. The van der Waals surface area contributed by atoms with Crippen molar-refractivity contribution in [1.29, 1.82) is 0 Å². The minimum Gasteiger partial charge on any atom is -0.386 e. The molecule has 1 N–H and O–H groups in total. The van der Waals surface area contributed by atoms with Crippen LogP contribution in [0.25, 0.3) is 0 Å². The summed E-state index contributed by atoms with van der Waals surface area (Å²) in [5.41, 5.74) is 1.60. The van der Waals surface area contributed by atoms with Gasteiger partial charge in [0.1, 0.15) is 6.10 Å². The predicted molar refractivity (Wildman–Crippen MR) is 63.3 cm³/mol. The molecule has 0 aliphatic carbocycles. The summed E-state index contributed by atoms with van der Waals surface area (Å²) in [6, 6.07) is 9.32. The van der Waals surface area contributed by atoms with Crippen LogP contribution in [0.4, 0.5) is 0 Å². The molecule has 0 bridgehead atoms. The van der Waals surface area contributed by atoms with Crippen LogP contribution in [0.3, 0.4) is 0 Å². The Bertz CT molecular complexity index is 481. The van der Waals surface area contributed by atoms with Crippen LogP contribution in [-0.4, -0.2) is 14.9 Å². The lowest BCUT2D eigenvalue weighted by Gasteiger charge is -2.09. The Labute approximate surface area is 99.3 Å². The molecule has 0 aliphatic rings. The van der Waals surface area contributed by atoms with Gasteiger partial charge in [-0.05, 0) is 17.7 Å². The Morgan fingerprint density at radius 1 is 1.38 bits per heavy atom. The van der Waals surface area contributed by atoms with Crippen molar-refractivity contribution in [2.24, 2.45) is 7.05 Å². The van der Waals surface area contributed by atoms with Crippen molar-refractivity contribution in [2.75, 3.05) is 0 Å². The zero-order valence-electron chi connectivity index (χ0n) is 8.97. The highest BCUT2D eigenvalue weighted by atomic mass is 35.5. The van der Waals surface area contributed by atoms with E-state index in [1.807, 2.05) is 43.6 Å². The van der Waals surface area contributed by atoms with Gasteiger partial charge >= 0.3 is 0 Å². The molecule has 1 atom stereocenters. The molecular formula is C12H13ClN2O. The second-order valence-corrected chi connectivity index (χ2v) is 4.13. The molecule has 1 aromatic carbocycles. The third-order valence-electron chi connectivity index (χ3n) is 2.45. The summed E-state index contributed by atoms with van der Waals surface area (Å²) >= 11 is 6.02. The Balaban J connectivity index is 2.13. The van der Waals surface area contributed by atoms with Gasteiger partial charge in [-0.2, -0.15) is 5.10 Å². The van der Waals surface area contributed by atoms with Gasteiger partial charge in [-0.3, -0.25) is 4.68 Å². The zero-order chi connectivity index (χ0) is 11.5. The van der Waals surface area contributed by atoms with Gasteiger partial charge in [0.25, 0.3) is 0 Å². The van der Waals surface area contributed by atoms with E-state index in [1.165, 1.54) is 0 Å². The summed E-state index contributed by atoms with van der Waals surface area (Å²) in [7, 11) is 1.83. The number of nitrogens with zero attached hydrogens (tertiary/aromatic N) is 2. The van der Waals surface area contributed by atoms with Crippen LogP contribution in [0.1, 0.15) is 17.4 Å². The topological polar surface area (TPSA) is 38.0 Å². The SMILES string of the molecule is Cn1ccc(C(O)Cc2ccccc2Cl)n1. The Kier molecular flexibility index (Phi) is 3.27. The van der Waals surface area contributed by atoms with Gasteiger partial charge in [-0.25, -0.2) is 0 Å². The minimum atomic E-state index is -0.610. The molecule has 84 valence electrons. The van der Waals surface area contributed by atoms with Crippen molar-refractivity contribution >= 4 is 11.6 Å². The summed E-state index contributed by atoms with van der Waals surface area (Å²) in [4.78, 5) is 0. The highest BCUT2D eigenvalue weighted by Gasteiger charge is 2.12. The Morgan fingerprint density at radius 3 is 2.75 bits per heavy atom. The second kappa shape index (κ2) is 4.68.